The lowest BCUT2D eigenvalue weighted by molar-refractivity contribution is 0.123. The first kappa shape index (κ1) is 20.4. The topological polar surface area (TPSA) is 71.1 Å². The minimum atomic E-state index is -2.02. The molecule has 2 rings (SSSR count). The van der Waals surface area contributed by atoms with E-state index in [1.165, 1.54) is 12.8 Å². The van der Waals surface area contributed by atoms with E-state index in [4.69, 9.17) is 18.1 Å². The molecule has 0 amide bonds. The summed E-state index contributed by atoms with van der Waals surface area (Å²) in [5.41, 5.74) is 0. The highest BCUT2D eigenvalue weighted by atomic mass is 31.1. The first-order valence-electron chi connectivity index (χ1n) is 9.28. The predicted molar refractivity (Wildman–Crippen MR) is 92.3 cm³/mol. The Balaban J connectivity index is 1.41. The van der Waals surface area contributed by atoms with Gasteiger partial charge in [0.05, 0.1) is 0 Å². The molecule has 0 heterocycles. The fourth-order valence-electron chi connectivity index (χ4n) is 3.13. The zero-order chi connectivity index (χ0) is 17.0. The van der Waals surface area contributed by atoms with Crippen molar-refractivity contribution in [2.45, 2.75) is 89.3 Å². The Bertz CT molecular complexity index is 345. The molecule has 2 atom stereocenters. The molecule has 2 aliphatic rings. The van der Waals surface area contributed by atoms with Gasteiger partial charge in [0.25, 0.3) is 0 Å². The summed E-state index contributed by atoms with van der Waals surface area (Å²) in [5, 5.41) is 0. The number of hydrogen-bond donors (Lipinski definition) is 0. The van der Waals surface area contributed by atoms with Gasteiger partial charge in [0.2, 0.25) is 0 Å². The molecule has 2 aliphatic carbocycles. The SMILES string of the molecule is O=[P+](OCCCCO[P+](=O)OC1CCCCC1)OC1CCCCC1. The van der Waals surface area contributed by atoms with Crippen LogP contribution in [-0.4, -0.2) is 25.4 Å². The Morgan fingerprint density at radius 2 is 1.00 bits per heavy atom. The van der Waals surface area contributed by atoms with E-state index >= 15 is 0 Å². The quantitative estimate of drug-likeness (QED) is 0.333. The highest BCUT2D eigenvalue weighted by Gasteiger charge is 2.29. The highest BCUT2D eigenvalue weighted by Crippen LogP contribution is 2.33. The van der Waals surface area contributed by atoms with Crippen LogP contribution < -0.4 is 0 Å². The monoisotopic (exact) mass is 380 g/mol. The van der Waals surface area contributed by atoms with Crippen molar-refractivity contribution in [2.24, 2.45) is 0 Å². The van der Waals surface area contributed by atoms with Crippen LogP contribution in [-0.2, 0) is 27.2 Å². The van der Waals surface area contributed by atoms with Gasteiger partial charge in [0, 0.05) is 9.13 Å². The van der Waals surface area contributed by atoms with Gasteiger partial charge in [-0.1, -0.05) is 38.5 Å². The first-order valence-corrected chi connectivity index (χ1v) is 11.5. The van der Waals surface area contributed by atoms with E-state index in [1.807, 2.05) is 0 Å². The lowest BCUT2D eigenvalue weighted by Crippen LogP contribution is -2.13. The Morgan fingerprint density at radius 3 is 1.38 bits per heavy atom. The molecule has 138 valence electrons. The van der Waals surface area contributed by atoms with E-state index in [1.54, 1.807) is 0 Å². The lowest BCUT2D eigenvalue weighted by Gasteiger charge is -2.15. The van der Waals surface area contributed by atoms with E-state index in [2.05, 4.69) is 0 Å². The maximum absolute atomic E-state index is 11.7. The molecule has 2 fully saturated rings. The number of hydrogen-bond acceptors (Lipinski definition) is 6. The van der Waals surface area contributed by atoms with Gasteiger partial charge in [0.15, 0.2) is 0 Å². The van der Waals surface area contributed by atoms with Crippen LogP contribution in [0.25, 0.3) is 0 Å². The van der Waals surface area contributed by atoms with Crippen molar-refractivity contribution in [3.05, 3.63) is 0 Å². The zero-order valence-electron chi connectivity index (χ0n) is 14.4. The average Bonchev–Trinajstić information content (AvgIpc) is 2.60. The van der Waals surface area contributed by atoms with Gasteiger partial charge in [0.1, 0.15) is 25.4 Å². The standard InChI is InChI=1S/C16H30O6P2/c17-23(21-15-9-3-1-4-10-15)19-13-7-8-14-20-24(18)22-16-11-5-2-6-12-16/h15-16H,1-14H2/q+2. The summed E-state index contributed by atoms with van der Waals surface area (Å²) in [6.07, 6.45) is 12.5. The van der Waals surface area contributed by atoms with Gasteiger partial charge < -0.3 is 0 Å². The molecule has 0 aliphatic heterocycles. The summed E-state index contributed by atoms with van der Waals surface area (Å²) in [4.78, 5) is 0. The van der Waals surface area contributed by atoms with E-state index in [9.17, 15) is 9.13 Å². The van der Waals surface area contributed by atoms with Gasteiger partial charge in [-0.3, -0.25) is 0 Å². The van der Waals surface area contributed by atoms with Crippen LogP contribution >= 0.6 is 16.5 Å². The van der Waals surface area contributed by atoms with Gasteiger partial charge in [-0.15, -0.1) is 18.1 Å². The maximum Gasteiger partial charge on any atom is 0.697 e. The molecule has 6 nitrogen and oxygen atoms in total. The first-order chi connectivity index (χ1) is 11.7. The molecule has 0 aromatic rings. The van der Waals surface area contributed by atoms with Gasteiger partial charge in [-0.2, -0.15) is 0 Å². The Labute approximate surface area is 146 Å². The smallest absolute Gasteiger partial charge is 0.119 e. The molecule has 8 heteroatoms. The van der Waals surface area contributed by atoms with Crippen LogP contribution in [0, 0.1) is 0 Å². The van der Waals surface area contributed by atoms with Crippen LogP contribution in [0.2, 0.25) is 0 Å². The predicted octanol–water partition coefficient (Wildman–Crippen LogP) is 5.81. The minimum absolute atomic E-state index is 0.0895. The molecule has 0 saturated heterocycles. The molecule has 0 aromatic carbocycles. The summed E-state index contributed by atoms with van der Waals surface area (Å²) >= 11 is 0. The zero-order valence-corrected chi connectivity index (χ0v) is 16.2. The molecule has 2 unspecified atom stereocenters. The van der Waals surface area contributed by atoms with Crippen LogP contribution in [0.15, 0.2) is 0 Å². The van der Waals surface area contributed by atoms with Crippen molar-refractivity contribution in [3.63, 3.8) is 0 Å². The van der Waals surface area contributed by atoms with E-state index in [0.29, 0.717) is 26.1 Å². The van der Waals surface area contributed by atoms with Gasteiger partial charge >= 0.3 is 16.5 Å². The third kappa shape index (κ3) is 8.94. The molecular formula is C16H30O6P2+2. The van der Waals surface area contributed by atoms with E-state index < -0.39 is 16.5 Å². The summed E-state index contributed by atoms with van der Waals surface area (Å²) in [7, 11) is -4.04. The van der Waals surface area contributed by atoms with Crippen LogP contribution in [0.1, 0.15) is 77.0 Å². The van der Waals surface area contributed by atoms with E-state index in [0.717, 1.165) is 51.4 Å². The van der Waals surface area contributed by atoms with Crippen LogP contribution in [0.4, 0.5) is 0 Å². The fraction of sp³-hybridized carbons (Fsp3) is 1.00. The second-order valence-corrected chi connectivity index (χ2v) is 8.38. The Hall–Kier alpha value is 0.0400. The van der Waals surface area contributed by atoms with Crippen LogP contribution in [0.3, 0.4) is 0 Å². The molecule has 0 N–H and O–H groups in total. The second kappa shape index (κ2) is 12.4. The summed E-state index contributed by atoms with van der Waals surface area (Å²) < 4.78 is 44.6. The summed E-state index contributed by atoms with van der Waals surface area (Å²) in [5.74, 6) is 0. The van der Waals surface area contributed by atoms with Crippen molar-refractivity contribution in [3.8, 4) is 0 Å². The molecule has 0 aromatic heterocycles. The summed E-state index contributed by atoms with van der Waals surface area (Å²) in [6, 6.07) is 0. The highest BCUT2D eigenvalue weighted by molar-refractivity contribution is 7.33. The lowest BCUT2D eigenvalue weighted by atomic mass is 9.98. The van der Waals surface area contributed by atoms with Crippen molar-refractivity contribution in [1.82, 2.24) is 0 Å². The van der Waals surface area contributed by atoms with Gasteiger partial charge in [-0.25, -0.2) is 0 Å². The molecule has 24 heavy (non-hydrogen) atoms. The molecule has 2 saturated carbocycles. The fourth-order valence-corrected chi connectivity index (χ4v) is 4.71. The van der Waals surface area contributed by atoms with Crippen molar-refractivity contribution >= 4 is 16.5 Å². The van der Waals surface area contributed by atoms with Gasteiger partial charge in [-0.05, 0) is 38.5 Å². The van der Waals surface area contributed by atoms with Crippen molar-refractivity contribution < 1.29 is 27.2 Å². The Kier molecular flexibility index (Phi) is 10.5. The number of unbranched alkanes of at least 4 members (excludes halogenated alkanes) is 1. The van der Waals surface area contributed by atoms with E-state index in [-0.39, 0.29) is 12.2 Å². The minimum Gasteiger partial charge on any atom is -0.119 e. The molecule has 0 spiro atoms. The number of rotatable bonds is 11. The van der Waals surface area contributed by atoms with Crippen LogP contribution in [0.5, 0.6) is 0 Å². The third-order valence-electron chi connectivity index (χ3n) is 4.51. The molecule has 0 radical (unpaired) electrons. The normalized spacial score (nSPS) is 21.7. The molecule has 0 bridgehead atoms. The second-order valence-electron chi connectivity index (χ2n) is 6.55. The molecular weight excluding hydrogens is 350 g/mol. The summed E-state index contributed by atoms with van der Waals surface area (Å²) in [6.45, 7) is 0.733. The van der Waals surface area contributed by atoms with Crippen molar-refractivity contribution in [2.75, 3.05) is 13.2 Å². The maximum atomic E-state index is 11.7. The van der Waals surface area contributed by atoms with Crippen molar-refractivity contribution in [1.29, 1.82) is 0 Å². The third-order valence-corrected chi connectivity index (χ3v) is 6.23. The Morgan fingerprint density at radius 1 is 0.625 bits per heavy atom. The largest absolute Gasteiger partial charge is 0.697 e. The average molecular weight is 380 g/mol.